The minimum atomic E-state index is -0.0569. The van der Waals surface area contributed by atoms with Crippen LogP contribution in [0, 0.1) is 17.2 Å². The Morgan fingerprint density at radius 3 is 2.41 bits per heavy atom. The lowest BCUT2D eigenvalue weighted by Crippen LogP contribution is -2.19. The standard InChI is InChI=1S/C30H27N5O2/c31-15-13-19-3-11-24(12-4-19)35-27-25-14-16-32-29(25)33-17-26(27)34-30(35)23-9-7-22(8-10-23)28(37)21-5-1-20(18-36)2-6-21/h1-2,5-10,14,16-17,19,24,36H,3-4,11-13,18H2,(H,32,33)/t19-,24-. The van der Waals surface area contributed by atoms with Gasteiger partial charge < -0.3 is 14.7 Å². The molecule has 184 valence electrons. The summed E-state index contributed by atoms with van der Waals surface area (Å²) in [5.41, 5.74) is 5.69. The minimum Gasteiger partial charge on any atom is -0.392 e. The summed E-state index contributed by atoms with van der Waals surface area (Å²) in [5, 5.41) is 19.5. The molecule has 7 heteroatoms. The Labute approximate surface area is 214 Å². The number of H-pyrrole nitrogens is 1. The van der Waals surface area contributed by atoms with Crippen LogP contribution in [0.3, 0.4) is 0 Å². The lowest BCUT2D eigenvalue weighted by atomic mass is 9.84. The summed E-state index contributed by atoms with van der Waals surface area (Å²) in [6, 6.07) is 19.4. The van der Waals surface area contributed by atoms with E-state index in [1.807, 2.05) is 36.7 Å². The molecule has 6 rings (SSSR count). The summed E-state index contributed by atoms with van der Waals surface area (Å²) in [4.78, 5) is 25.8. The molecule has 1 fully saturated rings. The van der Waals surface area contributed by atoms with Gasteiger partial charge in [-0.15, -0.1) is 0 Å². The van der Waals surface area contributed by atoms with Crippen LogP contribution < -0.4 is 0 Å². The van der Waals surface area contributed by atoms with E-state index in [9.17, 15) is 9.90 Å². The third-order valence-corrected chi connectivity index (χ3v) is 7.60. The van der Waals surface area contributed by atoms with Gasteiger partial charge in [0.25, 0.3) is 0 Å². The quantitative estimate of drug-likeness (QED) is 0.287. The number of carbonyl (C=O) groups excluding carboxylic acids is 1. The molecule has 3 heterocycles. The first-order valence-corrected chi connectivity index (χ1v) is 12.7. The molecule has 0 saturated heterocycles. The number of carbonyl (C=O) groups is 1. The zero-order chi connectivity index (χ0) is 25.4. The number of fused-ring (bicyclic) bond motifs is 3. The predicted molar refractivity (Wildman–Crippen MR) is 142 cm³/mol. The number of hydrogen-bond donors (Lipinski definition) is 2. The van der Waals surface area contributed by atoms with Gasteiger partial charge in [-0.2, -0.15) is 5.26 Å². The Kier molecular flexibility index (Phi) is 6.03. The van der Waals surface area contributed by atoms with Gasteiger partial charge in [-0.1, -0.05) is 48.5 Å². The normalized spacial score (nSPS) is 17.7. The molecule has 0 aliphatic heterocycles. The maximum Gasteiger partial charge on any atom is 0.193 e. The second-order valence-electron chi connectivity index (χ2n) is 9.84. The molecule has 0 atom stereocenters. The summed E-state index contributed by atoms with van der Waals surface area (Å²) >= 11 is 0. The van der Waals surface area contributed by atoms with E-state index in [1.54, 1.807) is 24.3 Å². The maximum atomic E-state index is 13.0. The molecule has 2 N–H and O–H groups in total. The van der Waals surface area contributed by atoms with Gasteiger partial charge >= 0.3 is 0 Å². The molecule has 37 heavy (non-hydrogen) atoms. The Morgan fingerprint density at radius 2 is 1.73 bits per heavy atom. The van der Waals surface area contributed by atoms with Crippen LogP contribution in [0.2, 0.25) is 0 Å². The van der Waals surface area contributed by atoms with Gasteiger partial charge in [0.2, 0.25) is 0 Å². The van der Waals surface area contributed by atoms with E-state index in [0.717, 1.165) is 64.7 Å². The van der Waals surface area contributed by atoms with E-state index in [2.05, 4.69) is 26.7 Å². The number of benzene rings is 2. The molecule has 0 spiro atoms. The van der Waals surface area contributed by atoms with Crippen LogP contribution in [0.15, 0.2) is 67.0 Å². The molecular weight excluding hydrogens is 462 g/mol. The number of nitriles is 1. The van der Waals surface area contributed by atoms with Crippen LogP contribution >= 0.6 is 0 Å². The highest BCUT2D eigenvalue weighted by Gasteiger charge is 2.27. The van der Waals surface area contributed by atoms with Gasteiger partial charge in [0.1, 0.15) is 17.0 Å². The number of aromatic amines is 1. The van der Waals surface area contributed by atoms with Crippen molar-refractivity contribution in [2.45, 2.75) is 44.8 Å². The van der Waals surface area contributed by atoms with Gasteiger partial charge in [0, 0.05) is 40.7 Å². The first kappa shape index (κ1) is 23.1. The molecule has 1 aliphatic rings. The number of aromatic nitrogens is 4. The molecule has 2 aromatic carbocycles. The van der Waals surface area contributed by atoms with Crippen molar-refractivity contribution < 1.29 is 9.90 Å². The lowest BCUT2D eigenvalue weighted by molar-refractivity contribution is 0.103. The minimum absolute atomic E-state index is 0.0469. The number of ketones is 1. The molecule has 7 nitrogen and oxygen atoms in total. The van der Waals surface area contributed by atoms with Crippen molar-refractivity contribution in [3.05, 3.63) is 83.7 Å². The zero-order valence-corrected chi connectivity index (χ0v) is 20.4. The zero-order valence-electron chi connectivity index (χ0n) is 20.4. The third kappa shape index (κ3) is 4.20. The van der Waals surface area contributed by atoms with Crippen molar-refractivity contribution in [2.24, 2.45) is 5.92 Å². The fraction of sp³-hybridized carbons (Fsp3) is 0.267. The smallest absolute Gasteiger partial charge is 0.193 e. The highest BCUT2D eigenvalue weighted by molar-refractivity contribution is 6.09. The van der Waals surface area contributed by atoms with Crippen molar-refractivity contribution in [1.29, 1.82) is 5.26 Å². The van der Waals surface area contributed by atoms with Gasteiger partial charge in [0.15, 0.2) is 5.78 Å². The number of nitrogens with zero attached hydrogens (tertiary/aromatic N) is 4. The molecule has 0 amide bonds. The van der Waals surface area contributed by atoms with Gasteiger partial charge in [0.05, 0.1) is 24.4 Å². The van der Waals surface area contributed by atoms with E-state index in [0.29, 0.717) is 23.5 Å². The third-order valence-electron chi connectivity index (χ3n) is 7.60. The van der Waals surface area contributed by atoms with E-state index < -0.39 is 0 Å². The van der Waals surface area contributed by atoms with Crippen molar-refractivity contribution in [3.63, 3.8) is 0 Å². The number of aliphatic hydroxyl groups is 1. The number of imidazole rings is 1. The Morgan fingerprint density at radius 1 is 1.03 bits per heavy atom. The molecule has 0 bridgehead atoms. The Bertz CT molecular complexity index is 1620. The lowest BCUT2D eigenvalue weighted by Gasteiger charge is -2.30. The first-order chi connectivity index (χ1) is 18.2. The SMILES string of the molecule is N#CC[C@H]1CC[C@H](n2c(-c3ccc(C(=O)c4ccc(CO)cc4)cc3)nc3cnc4[nH]ccc4c32)CC1. The summed E-state index contributed by atoms with van der Waals surface area (Å²) < 4.78 is 2.36. The molecule has 1 saturated carbocycles. The number of nitrogens with one attached hydrogen (secondary N) is 1. The van der Waals surface area contributed by atoms with Crippen LogP contribution in [0.1, 0.15) is 59.6 Å². The average molecular weight is 490 g/mol. The molecule has 3 aromatic heterocycles. The second kappa shape index (κ2) is 9.64. The predicted octanol–water partition coefficient (Wildman–Crippen LogP) is 5.95. The number of hydrogen-bond acceptors (Lipinski definition) is 5. The highest BCUT2D eigenvalue weighted by Crippen LogP contribution is 2.40. The average Bonchev–Trinajstić information content (AvgIpc) is 3.58. The van der Waals surface area contributed by atoms with E-state index >= 15 is 0 Å². The highest BCUT2D eigenvalue weighted by atomic mass is 16.3. The van der Waals surface area contributed by atoms with Gasteiger partial charge in [-0.05, 0) is 43.2 Å². The molecule has 0 radical (unpaired) electrons. The largest absolute Gasteiger partial charge is 0.392 e. The van der Waals surface area contributed by atoms with E-state index in [1.165, 1.54) is 0 Å². The number of aliphatic hydroxyl groups excluding tert-OH is 1. The number of pyridine rings is 1. The summed E-state index contributed by atoms with van der Waals surface area (Å²) in [7, 11) is 0. The fourth-order valence-electron chi connectivity index (χ4n) is 5.59. The van der Waals surface area contributed by atoms with Crippen LogP contribution in [0.5, 0.6) is 0 Å². The Hall–Kier alpha value is -4.28. The second-order valence-corrected chi connectivity index (χ2v) is 9.84. The van der Waals surface area contributed by atoms with E-state index in [-0.39, 0.29) is 18.4 Å². The number of rotatable bonds is 6. The molecule has 5 aromatic rings. The summed E-state index contributed by atoms with van der Waals surface area (Å²) in [5.74, 6) is 1.28. The first-order valence-electron chi connectivity index (χ1n) is 12.7. The topological polar surface area (TPSA) is 108 Å². The van der Waals surface area contributed by atoms with Gasteiger partial charge in [-0.3, -0.25) is 4.79 Å². The van der Waals surface area contributed by atoms with Crippen LogP contribution in [-0.2, 0) is 6.61 Å². The monoisotopic (exact) mass is 489 g/mol. The molecule has 1 aliphatic carbocycles. The van der Waals surface area contributed by atoms with Crippen molar-refractivity contribution in [2.75, 3.05) is 0 Å². The van der Waals surface area contributed by atoms with Crippen LogP contribution in [0.4, 0.5) is 0 Å². The van der Waals surface area contributed by atoms with Crippen molar-refractivity contribution in [1.82, 2.24) is 19.5 Å². The van der Waals surface area contributed by atoms with Crippen molar-refractivity contribution in [3.8, 4) is 17.5 Å². The Balaban J connectivity index is 1.39. The fourth-order valence-corrected chi connectivity index (χ4v) is 5.59. The molecule has 0 unspecified atom stereocenters. The van der Waals surface area contributed by atoms with E-state index in [4.69, 9.17) is 10.2 Å². The van der Waals surface area contributed by atoms with Crippen LogP contribution in [-0.4, -0.2) is 30.4 Å². The van der Waals surface area contributed by atoms with Gasteiger partial charge in [-0.25, -0.2) is 9.97 Å². The summed E-state index contributed by atoms with van der Waals surface area (Å²) in [6.45, 7) is -0.0469. The van der Waals surface area contributed by atoms with Crippen molar-refractivity contribution >= 4 is 27.9 Å². The van der Waals surface area contributed by atoms with Crippen LogP contribution in [0.25, 0.3) is 33.5 Å². The summed E-state index contributed by atoms with van der Waals surface area (Å²) in [6.07, 6.45) is 8.41. The molecular formula is C30H27N5O2. The maximum absolute atomic E-state index is 13.0.